The van der Waals surface area contributed by atoms with Crippen LogP contribution in [0.1, 0.15) is 23.6 Å². The fourth-order valence-electron chi connectivity index (χ4n) is 2.69. The van der Waals surface area contributed by atoms with Crippen LogP contribution in [0.15, 0.2) is 66.6 Å². The molecule has 0 fully saturated rings. The maximum atomic E-state index is 12.5. The molecule has 6 nitrogen and oxygen atoms in total. The predicted molar refractivity (Wildman–Crippen MR) is 100 cm³/mol. The number of ether oxygens (including phenoxy) is 1. The van der Waals surface area contributed by atoms with Crippen molar-refractivity contribution in [2.75, 3.05) is 0 Å². The molecule has 0 aliphatic carbocycles. The Morgan fingerprint density at radius 2 is 1.93 bits per heavy atom. The van der Waals surface area contributed by atoms with Gasteiger partial charge in [0.1, 0.15) is 18.4 Å². The lowest BCUT2D eigenvalue weighted by atomic mass is 10.2. The summed E-state index contributed by atoms with van der Waals surface area (Å²) in [6.45, 7) is 1.25. The summed E-state index contributed by atoms with van der Waals surface area (Å²) in [5.41, 5.74) is 2.59. The van der Waals surface area contributed by atoms with Gasteiger partial charge in [-0.15, -0.1) is 0 Å². The minimum atomic E-state index is -0.673. The fraction of sp³-hybridized carbons (Fsp3) is 0.0952. The molecule has 1 aromatic carbocycles. The zero-order valence-electron chi connectivity index (χ0n) is 14.7. The van der Waals surface area contributed by atoms with Gasteiger partial charge in [0.25, 0.3) is 0 Å². The molecule has 1 amide bonds. The Balaban J connectivity index is 1.81. The molecule has 134 valence electrons. The van der Waals surface area contributed by atoms with E-state index >= 15 is 0 Å². The molecule has 0 spiro atoms. The first kappa shape index (κ1) is 18.0. The highest BCUT2D eigenvalue weighted by Crippen LogP contribution is 2.19. The Morgan fingerprint density at radius 1 is 1.19 bits per heavy atom. The molecule has 2 aromatic heterocycles. The van der Waals surface area contributed by atoms with Crippen LogP contribution in [0.25, 0.3) is 11.6 Å². The van der Waals surface area contributed by atoms with Crippen LogP contribution >= 0.6 is 0 Å². The van der Waals surface area contributed by atoms with Gasteiger partial charge >= 0.3 is 5.97 Å². The van der Waals surface area contributed by atoms with Crippen LogP contribution in [0.4, 0.5) is 0 Å². The zero-order chi connectivity index (χ0) is 19.2. The van der Waals surface area contributed by atoms with Crippen molar-refractivity contribution >= 4 is 23.5 Å². The van der Waals surface area contributed by atoms with Gasteiger partial charge in [-0.25, -0.2) is 4.79 Å². The molecular formula is C21H17N3O3. The molecule has 0 aliphatic heterocycles. The van der Waals surface area contributed by atoms with Crippen LogP contribution in [0.3, 0.4) is 0 Å². The molecule has 1 N–H and O–H groups in total. The van der Waals surface area contributed by atoms with Crippen LogP contribution in [-0.2, 0) is 20.9 Å². The number of nitrogens with zero attached hydrogens (tertiary/aromatic N) is 2. The number of fused-ring (bicyclic) bond motifs is 1. The Labute approximate surface area is 156 Å². The number of pyridine rings is 1. The number of carbonyl (C=O) groups is 2. The summed E-state index contributed by atoms with van der Waals surface area (Å²) in [5.74, 6) is -1.05. The number of esters is 1. The molecule has 27 heavy (non-hydrogen) atoms. The summed E-state index contributed by atoms with van der Waals surface area (Å²) in [6, 6.07) is 16.8. The van der Waals surface area contributed by atoms with Crippen LogP contribution in [0.5, 0.6) is 0 Å². The second kappa shape index (κ2) is 8.02. The van der Waals surface area contributed by atoms with E-state index in [9.17, 15) is 14.9 Å². The molecule has 0 bridgehead atoms. The molecule has 0 saturated heterocycles. The van der Waals surface area contributed by atoms with Gasteiger partial charge in [0.2, 0.25) is 5.91 Å². The van der Waals surface area contributed by atoms with Crippen molar-refractivity contribution in [3.05, 3.63) is 83.3 Å². The number of nitriles is 1. The van der Waals surface area contributed by atoms with Crippen LogP contribution in [0, 0.1) is 11.3 Å². The SMILES string of the molecule is CC(=O)NC(=Cc1ccccc1)C(=O)OCc1cn2ccccc2c1C#N. The van der Waals surface area contributed by atoms with E-state index in [4.69, 9.17) is 4.74 Å². The summed E-state index contributed by atoms with van der Waals surface area (Å²) in [5, 5.41) is 11.9. The Kier molecular flexibility index (Phi) is 5.33. The average Bonchev–Trinajstić information content (AvgIpc) is 3.03. The highest BCUT2D eigenvalue weighted by atomic mass is 16.5. The van der Waals surface area contributed by atoms with Gasteiger partial charge in [0, 0.05) is 24.9 Å². The van der Waals surface area contributed by atoms with E-state index < -0.39 is 5.97 Å². The van der Waals surface area contributed by atoms with E-state index in [2.05, 4.69) is 11.4 Å². The number of amides is 1. The van der Waals surface area contributed by atoms with Gasteiger partial charge in [-0.3, -0.25) is 4.79 Å². The van der Waals surface area contributed by atoms with E-state index in [1.807, 2.05) is 54.7 Å². The Hall–Kier alpha value is -3.85. The number of carbonyl (C=O) groups excluding carboxylic acids is 2. The van der Waals surface area contributed by atoms with Crippen LogP contribution < -0.4 is 5.32 Å². The molecule has 3 aromatic rings. The first-order valence-electron chi connectivity index (χ1n) is 8.28. The third-order valence-corrected chi connectivity index (χ3v) is 3.87. The minimum absolute atomic E-state index is 0.0379. The summed E-state index contributed by atoms with van der Waals surface area (Å²) in [6.07, 6.45) is 5.12. The predicted octanol–water partition coefficient (Wildman–Crippen LogP) is 3.03. The molecule has 0 radical (unpaired) electrons. The number of hydrogen-bond acceptors (Lipinski definition) is 4. The van der Waals surface area contributed by atoms with E-state index in [1.54, 1.807) is 16.7 Å². The quantitative estimate of drug-likeness (QED) is 0.561. The van der Waals surface area contributed by atoms with Gasteiger partial charge in [-0.2, -0.15) is 5.26 Å². The largest absolute Gasteiger partial charge is 0.456 e. The standard InChI is InChI=1S/C21H17N3O3/c1-15(25)23-19(11-16-7-3-2-4-8-16)21(26)27-14-17-13-24-10-6-5-9-20(24)18(17)12-22/h2-11,13H,14H2,1H3,(H,23,25). The summed E-state index contributed by atoms with van der Waals surface area (Å²) in [4.78, 5) is 23.9. The van der Waals surface area contributed by atoms with E-state index in [1.165, 1.54) is 6.92 Å². The fourth-order valence-corrected chi connectivity index (χ4v) is 2.69. The molecule has 0 atom stereocenters. The number of aromatic nitrogens is 1. The highest BCUT2D eigenvalue weighted by molar-refractivity contribution is 5.97. The van der Waals surface area contributed by atoms with E-state index in [0.29, 0.717) is 11.1 Å². The normalized spacial score (nSPS) is 11.0. The van der Waals surface area contributed by atoms with Crippen LogP contribution in [0.2, 0.25) is 0 Å². The average molecular weight is 359 g/mol. The first-order chi connectivity index (χ1) is 13.1. The second-order valence-corrected chi connectivity index (χ2v) is 5.86. The summed E-state index contributed by atoms with van der Waals surface area (Å²) < 4.78 is 7.15. The van der Waals surface area contributed by atoms with Gasteiger partial charge in [-0.1, -0.05) is 36.4 Å². The molecule has 0 saturated carbocycles. The van der Waals surface area contributed by atoms with Crippen molar-refractivity contribution in [2.45, 2.75) is 13.5 Å². The Bertz CT molecular complexity index is 1060. The maximum absolute atomic E-state index is 12.5. The number of hydrogen-bond donors (Lipinski definition) is 1. The smallest absolute Gasteiger partial charge is 0.355 e. The van der Waals surface area contributed by atoms with Gasteiger partial charge < -0.3 is 14.5 Å². The summed E-state index contributed by atoms with van der Waals surface area (Å²) >= 11 is 0. The summed E-state index contributed by atoms with van der Waals surface area (Å²) in [7, 11) is 0. The highest BCUT2D eigenvalue weighted by Gasteiger charge is 2.16. The second-order valence-electron chi connectivity index (χ2n) is 5.86. The molecule has 2 heterocycles. The zero-order valence-corrected chi connectivity index (χ0v) is 14.7. The van der Waals surface area contributed by atoms with Crippen molar-refractivity contribution in [2.24, 2.45) is 0 Å². The van der Waals surface area contributed by atoms with Crippen molar-refractivity contribution in [3.63, 3.8) is 0 Å². The van der Waals surface area contributed by atoms with Gasteiger partial charge in [-0.05, 0) is 23.8 Å². The molecule has 3 rings (SSSR count). The third kappa shape index (κ3) is 4.22. The molecule has 0 unspecified atom stereocenters. The molecule has 6 heteroatoms. The van der Waals surface area contributed by atoms with Crippen molar-refractivity contribution in [1.82, 2.24) is 9.72 Å². The first-order valence-corrected chi connectivity index (χ1v) is 8.28. The molecule has 0 aliphatic rings. The lowest BCUT2D eigenvalue weighted by Crippen LogP contribution is -2.26. The van der Waals surface area contributed by atoms with Crippen molar-refractivity contribution in [3.8, 4) is 6.07 Å². The minimum Gasteiger partial charge on any atom is -0.456 e. The van der Waals surface area contributed by atoms with Gasteiger partial charge in [0.05, 0.1) is 11.1 Å². The number of rotatable bonds is 5. The topological polar surface area (TPSA) is 83.6 Å². The number of nitrogens with one attached hydrogen (secondary N) is 1. The van der Waals surface area contributed by atoms with Crippen molar-refractivity contribution < 1.29 is 14.3 Å². The lowest BCUT2D eigenvalue weighted by Gasteiger charge is -2.09. The van der Waals surface area contributed by atoms with Gasteiger partial charge in [0.15, 0.2) is 0 Å². The van der Waals surface area contributed by atoms with E-state index in [-0.39, 0.29) is 18.2 Å². The third-order valence-electron chi connectivity index (χ3n) is 3.87. The lowest BCUT2D eigenvalue weighted by molar-refractivity contribution is -0.141. The maximum Gasteiger partial charge on any atom is 0.355 e. The Morgan fingerprint density at radius 3 is 2.63 bits per heavy atom. The monoisotopic (exact) mass is 359 g/mol. The van der Waals surface area contributed by atoms with Crippen LogP contribution in [-0.4, -0.2) is 16.3 Å². The van der Waals surface area contributed by atoms with E-state index in [0.717, 1.165) is 11.1 Å². The molecular weight excluding hydrogens is 342 g/mol. The number of benzene rings is 1. The van der Waals surface area contributed by atoms with Crippen molar-refractivity contribution in [1.29, 1.82) is 5.26 Å².